The lowest BCUT2D eigenvalue weighted by Gasteiger charge is -2.34. The molecule has 0 N–H and O–H groups in total. The second kappa shape index (κ2) is 7.19. The largest absolute Gasteiger partial charge is 0.296 e. The van der Waals surface area contributed by atoms with Crippen molar-refractivity contribution in [2.45, 2.75) is 39.1 Å². The van der Waals surface area contributed by atoms with Crippen LogP contribution in [0.4, 0.5) is 0 Å². The third kappa shape index (κ3) is 3.67. The van der Waals surface area contributed by atoms with Gasteiger partial charge in [0.25, 0.3) is 0 Å². The van der Waals surface area contributed by atoms with Gasteiger partial charge in [-0.1, -0.05) is 12.1 Å². The topological polar surface area (TPSA) is 40.6 Å². The van der Waals surface area contributed by atoms with E-state index >= 15 is 0 Å². The van der Waals surface area contributed by atoms with Gasteiger partial charge in [-0.05, 0) is 61.4 Å². The van der Waals surface area contributed by atoms with Gasteiger partial charge in [-0.25, -0.2) is 8.42 Å². The van der Waals surface area contributed by atoms with Crippen molar-refractivity contribution in [2.75, 3.05) is 26.2 Å². The Morgan fingerprint density at radius 1 is 1.00 bits per heavy atom. The van der Waals surface area contributed by atoms with Crippen LogP contribution < -0.4 is 0 Å². The Bertz CT molecular complexity index is 824. The molecule has 0 saturated carbocycles. The molecule has 0 bridgehead atoms. The maximum Gasteiger partial charge on any atom is 0.243 e. The van der Waals surface area contributed by atoms with E-state index < -0.39 is 10.0 Å². The molecule has 1 aromatic carbocycles. The molecule has 6 heteroatoms. The second-order valence-corrected chi connectivity index (χ2v) is 9.76. The lowest BCUT2D eigenvalue weighted by Crippen LogP contribution is -2.48. The van der Waals surface area contributed by atoms with Crippen molar-refractivity contribution in [3.05, 3.63) is 50.7 Å². The summed E-state index contributed by atoms with van der Waals surface area (Å²) in [6.45, 7) is 11.4. The minimum atomic E-state index is -3.44. The third-order valence-corrected chi connectivity index (χ3v) is 8.22. The van der Waals surface area contributed by atoms with E-state index in [-0.39, 0.29) is 0 Å². The average Bonchev–Trinajstić information content (AvgIpc) is 3.06. The smallest absolute Gasteiger partial charge is 0.243 e. The number of piperazine rings is 1. The first kappa shape index (κ1) is 18.6. The van der Waals surface area contributed by atoms with Crippen LogP contribution in [0.2, 0.25) is 0 Å². The van der Waals surface area contributed by atoms with Crippen LogP contribution in [0.5, 0.6) is 0 Å². The Hall–Kier alpha value is -1.21. The van der Waals surface area contributed by atoms with E-state index in [1.54, 1.807) is 15.6 Å². The minimum absolute atomic E-state index is 0.511. The van der Waals surface area contributed by atoms with Crippen LogP contribution in [0.15, 0.2) is 28.5 Å². The number of hydrogen-bond acceptors (Lipinski definition) is 4. The second-order valence-electron chi connectivity index (χ2n) is 6.85. The quantitative estimate of drug-likeness (QED) is 0.818. The zero-order valence-corrected chi connectivity index (χ0v) is 17.0. The van der Waals surface area contributed by atoms with Crippen LogP contribution >= 0.6 is 11.3 Å². The zero-order valence-electron chi connectivity index (χ0n) is 15.4. The predicted molar refractivity (Wildman–Crippen MR) is 104 cm³/mol. The standard InChI is InChI=1S/C19H26N2O2S2/c1-14-12-15(2)17(4)19(16(14)3)25(22,23)21-9-7-20(8-10-21)13-18-6-5-11-24-18/h5-6,11-12H,7-10,13H2,1-4H3. The highest BCUT2D eigenvalue weighted by Gasteiger charge is 2.31. The van der Waals surface area contributed by atoms with Crippen LogP contribution in [0, 0.1) is 27.7 Å². The third-order valence-electron chi connectivity index (χ3n) is 5.19. The van der Waals surface area contributed by atoms with Crippen LogP contribution in [0.1, 0.15) is 27.1 Å². The number of nitrogens with zero attached hydrogens (tertiary/aromatic N) is 2. The molecule has 2 heterocycles. The normalized spacial score (nSPS) is 17.1. The van der Waals surface area contributed by atoms with Gasteiger partial charge >= 0.3 is 0 Å². The molecule has 0 atom stereocenters. The number of aryl methyl sites for hydroxylation is 2. The van der Waals surface area contributed by atoms with Crippen LogP contribution in [-0.2, 0) is 16.6 Å². The molecular weight excluding hydrogens is 352 g/mol. The van der Waals surface area contributed by atoms with Crippen LogP contribution in [0.25, 0.3) is 0 Å². The molecule has 1 fully saturated rings. The van der Waals surface area contributed by atoms with Gasteiger partial charge in [0, 0.05) is 37.6 Å². The van der Waals surface area contributed by atoms with E-state index in [2.05, 4.69) is 28.5 Å². The summed E-state index contributed by atoms with van der Waals surface area (Å²) in [7, 11) is -3.44. The Labute approximate surface area is 155 Å². The van der Waals surface area contributed by atoms with Gasteiger partial charge in [-0.15, -0.1) is 11.3 Å². The summed E-state index contributed by atoms with van der Waals surface area (Å²) in [6, 6.07) is 6.27. The molecule has 0 unspecified atom stereocenters. The Morgan fingerprint density at radius 2 is 1.60 bits per heavy atom. The molecule has 0 radical (unpaired) electrons. The summed E-state index contributed by atoms with van der Waals surface area (Å²) >= 11 is 1.75. The molecule has 1 saturated heterocycles. The van der Waals surface area contributed by atoms with Crippen molar-refractivity contribution in [1.82, 2.24) is 9.21 Å². The van der Waals surface area contributed by atoms with E-state index in [9.17, 15) is 8.42 Å². The number of sulfonamides is 1. The van der Waals surface area contributed by atoms with E-state index in [1.165, 1.54) is 4.88 Å². The SMILES string of the molecule is Cc1cc(C)c(C)c(S(=O)(=O)N2CCN(Cc3cccs3)CC2)c1C. The lowest BCUT2D eigenvalue weighted by atomic mass is 10.0. The summed E-state index contributed by atoms with van der Waals surface area (Å²) in [5.74, 6) is 0. The molecule has 3 rings (SSSR count). The molecule has 136 valence electrons. The maximum atomic E-state index is 13.3. The summed E-state index contributed by atoms with van der Waals surface area (Å²) in [4.78, 5) is 4.17. The van der Waals surface area contributed by atoms with Gasteiger partial charge in [0.05, 0.1) is 4.90 Å². The first-order valence-corrected chi connectivity index (χ1v) is 10.9. The fourth-order valence-electron chi connectivity index (χ4n) is 3.45. The Morgan fingerprint density at radius 3 is 2.12 bits per heavy atom. The molecular formula is C19H26N2O2S2. The molecule has 1 aliphatic rings. The number of benzene rings is 1. The summed E-state index contributed by atoms with van der Waals surface area (Å²) in [5.41, 5.74) is 3.84. The Kier molecular flexibility index (Phi) is 5.34. The first-order valence-electron chi connectivity index (χ1n) is 8.63. The number of thiophene rings is 1. The summed E-state index contributed by atoms with van der Waals surface area (Å²) in [5, 5.41) is 2.08. The van der Waals surface area contributed by atoms with Gasteiger partial charge in [-0.2, -0.15) is 4.31 Å². The molecule has 4 nitrogen and oxygen atoms in total. The number of hydrogen-bond donors (Lipinski definition) is 0. The van der Waals surface area contributed by atoms with E-state index in [1.807, 2.05) is 27.7 Å². The van der Waals surface area contributed by atoms with E-state index in [0.29, 0.717) is 18.0 Å². The van der Waals surface area contributed by atoms with E-state index in [0.717, 1.165) is 41.9 Å². The van der Waals surface area contributed by atoms with Crippen molar-refractivity contribution in [3.8, 4) is 0 Å². The van der Waals surface area contributed by atoms with E-state index in [4.69, 9.17) is 0 Å². The van der Waals surface area contributed by atoms with Gasteiger partial charge in [0.2, 0.25) is 10.0 Å². The highest BCUT2D eigenvalue weighted by molar-refractivity contribution is 7.89. The number of rotatable bonds is 4. The summed E-state index contributed by atoms with van der Waals surface area (Å²) < 4.78 is 28.2. The lowest BCUT2D eigenvalue weighted by molar-refractivity contribution is 0.183. The maximum absolute atomic E-state index is 13.3. The molecule has 1 aromatic heterocycles. The average molecular weight is 379 g/mol. The molecule has 25 heavy (non-hydrogen) atoms. The Balaban J connectivity index is 1.79. The van der Waals surface area contributed by atoms with Gasteiger partial charge in [-0.3, -0.25) is 4.90 Å². The zero-order chi connectivity index (χ0) is 18.2. The molecule has 0 spiro atoms. The fraction of sp³-hybridized carbons (Fsp3) is 0.474. The monoisotopic (exact) mass is 378 g/mol. The van der Waals surface area contributed by atoms with Crippen molar-refractivity contribution in [3.63, 3.8) is 0 Å². The molecule has 0 amide bonds. The van der Waals surface area contributed by atoms with Gasteiger partial charge in [0.1, 0.15) is 0 Å². The highest BCUT2D eigenvalue weighted by atomic mass is 32.2. The molecule has 2 aromatic rings. The first-order chi connectivity index (χ1) is 11.8. The molecule has 1 aliphatic heterocycles. The van der Waals surface area contributed by atoms with Crippen molar-refractivity contribution >= 4 is 21.4 Å². The highest BCUT2D eigenvalue weighted by Crippen LogP contribution is 2.29. The van der Waals surface area contributed by atoms with Crippen molar-refractivity contribution < 1.29 is 8.42 Å². The van der Waals surface area contributed by atoms with Crippen LogP contribution in [-0.4, -0.2) is 43.8 Å². The minimum Gasteiger partial charge on any atom is -0.296 e. The van der Waals surface area contributed by atoms with Crippen molar-refractivity contribution in [2.24, 2.45) is 0 Å². The van der Waals surface area contributed by atoms with Crippen molar-refractivity contribution in [1.29, 1.82) is 0 Å². The molecule has 0 aliphatic carbocycles. The van der Waals surface area contributed by atoms with Crippen LogP contribution in [0.3, 0.4) is 0 Å². The van der Waals surface area contributed by atoms with Gasteiger partial charge < -0.3 is 0 Å². The fourth-order valence-corrected chi connectivity index (χ4v) is 6.19. The summed E-state index contributed by atoms with van der Waals surface area (Å²) in [6.07, 6.45) is 0. The predicted octanol–water partition coefficient (Wildman–Crippen LogP) is 3.49. The van der Waals surface area contributed by atoms with Gasteiger partial charge in [0.15, 0.2) is 0 Å².